The van der Waals surface area contributed by atoms with Crippen LogP contribution in [0.25, 0.3) is 5.69 Å². The molecule has 0 radical (unpaired) electrons. The molecular weight excluding hydrogens is 280 g/mol. The molecule has 106 valence electrons. The number of nitrogens with zero attached hydrogens (tertiary/aromatic N) is 1. The Morgan fingerprint density at radius 2 is 2.15 bits per heavy atom. The number of aromatic amines is 1. The lowest BCUT2D eigenvalue weighted by Crippen LogP contribution is -2.33. The fourth-order valence-corrected chi connectivity index (χ4v) is 2.03. The van der Waals surface area contributed by atoms with E-state index in [0.717, 1.165) is 6.42 Å². The lowest BCUT2D eigenvalue weighted by molar-refractivity contribution is 0.897. The predicted octanol–water partition coefficient (Wildman–Crippen LogP) is 1.58. The van der Waals surface area contributed by atoms with Crippen LogP contribution in [0.5, 0.6) is 0 Å². The van der Waals surface area contributed by atoms with Crippen LogP contribution in [-0.4, -0.2) is 16.1 Å². The van der Waals surface area contributed by atoms with Gasteiger partial charge in [-0.2, -0.15) is 0 Å². The van der Waals surface area contributed by atoms with Crippen LogP contribution in [0.3, 0.4) is 0 Å². The molecule has 0 spiro atoms. The zero-order chi connectivity index (χ0) is 14.7. The van der Waals surface area contributed by atoms with E-state index in [-0.39, 0.29) is 11.5 Å². The normalized spacial score (nSPS) is 10.5. The molecule has 0 atom stereocenters. The number of benzene rings is 1. The van der Waals surface area contributed by atoms with E-state index in [2.05, 4.69) is 10.3 Å². The van der Waals surface area contributed by atoms with E-state index in [4.69, 9.17) is 17.3 Å². The van der Waals surface area contributed by atoms with Gasteiger partial charge in [-0.05, 0) is 24.6 Å². The molecule has 1 aromatic heterocycles. The fourth-order valence-electron chi connectivity index (χ4n) is 1.85. The summed E-state index contributed by atoms with van der Waals surface area (Å²) >= 11 is 5.91. The number of nitrogens with one attached hydrogen (secondary N) is 2. The molecule has 0 saturated carbocycles. The highest BCUT2D eigenvalue weighted by molar-refractivity contribution is 6.30. The number of nitrogen functional groups attached to an aromatic ring is 1. The van der Waals surface area contributed by atoms with Crippen molar-refractivity contribution in [1.29, 1.82) is 0 Å². The number of halogens is 1. The first-order valence-corrected chi connectivity index (χ1v) is 6.57. The van der Waals surface area contributed by atoms with Gasteiger partial charge in [0.25, 0.3) is 5.56 Å². The summed E-state index contributed by atoms with van der Waals surface area (Å²) in [5, 5.41) is 3.40. The summed E-state index contributed by atoms with van der Waals surface area (Å²) in [6, 6.07) is 6.68. The highest BCUT2D eigenvalue weighted by atomic mass is 35.5. The summed E-state index contributed by atoms with van der Waals surface area (Å²) < 4.78 is 1.21. The van der Waals surface area contributed by atoms with Crippen LogP contribution in [-0.2, 0) is 0 Å². The summed E-state index contributed by atoms with van der Waals surface area (Å²) in [5.41, 5.74) is 5.50. The molecule has 0 amide bonds. The van der Waals surface area contributed by atoms with Crippen molar-refractivity contribution in [3.8, 4) is 5.69 Å². The maximum Gasteiger partial charge on any atom is 0.334 e. The van der Waals surface area contributed by atoms with Crippen LogP contribution in [0, 0.1) is 0 Å². The van der Waals surface area contributed by atoms with Gasteiger partial charge in [-0.25, -0.2) is 9.36 Å². The van der Waals surface area contributed by atoms with Gasteiger partial charge in [0, 0.05) is 11.6 Å². The number of H-pyrrole nitrogens is 1. The van der Waals surface area contributed by atoms with Crippen LogP contribution in [0.15, 0.2) is 33.9 Å². The first-order chi connectivity index (χ1) is 9.54. The van der Waals surface area contributed by atoms with Gasteiger partial charge >= 0.3 is 5.69 Å². The predicted molar refractivity (Wildman–Crippen MR) is 80.9 cm³/mol. The Hall–Kier alpha value is -2.21. The fraction of sp³-hybridized carbons (Fsp3) is 0.231. The van der Waals surface area contributed by atoms with Crippen molar-refractivity contribution in [3.63, 3.8) is 0 Å². The number of aromatic nitrogens is 2. The molecule has 0 saturated heterocycles. The molecule has 2 aromatic rings. The van der Waals surface area contributed by atoms with Crippen LogP contribution < -0.4 is 22.3 Å². The van der Waals surface area contributed by atoms with Gasteiger partial charge in [0.15, 0.2) is 0 Å². The Kier molecular flexibility index (Phi) is 4.14. The lowest BCUT2D eigenvalue weighted by Gasteiger charge is -2.13. The topological polar surface area (TPSA) is 92.9 Å². The molecule has 0 fully saturated rings. The Morgan fingerprint density at radius 3 is 2.80 bits per heavy atom. The molecular formula is C13H15ClN4O2. The Balaban J connectivity index is 2.64. The minimum atomic E-state index is -0.600. The molecule has 4 N–H and O–H groups in total. The molecule has 2 rings (SSSR count). The first-order valence-electron chi connectivity index (χ1n) is 6.19. The second kappa shape index (κ2) is 5.83. The Bertz CT molecular complexity index is 736. The van der Waals surface area contributed by atoms with Crippen molar-refractivity contribution in [2.45, 2.75) is 13.3 Å². The number of rotatable bonds is 4. The number of hydrogen-bond donors (Lipinski definition) is 3. The number of hydrogen-bond acceptors (Lipinski definition) is 4. The van der Waals surface area contributed by atoms with Gasteiger partial charge in [-0.3, -0.25) is 9.78 Å². The number of anilines is 2. The monoisotopic (exact) mass is 294 g/mol. The van der Waals surface area contributed by atoms with Crippen LogP contribution in [0.1, 0.15) is 13.3 Å². The molecule has 6 nitrogen and oxygen atoms in total. The minimum absolute atomic E-state index is 0.0643. The molecule has 1 heterocycles. The SMILES string of the molecule is CCCNc1c(N)n(-c2cccc(Cl)c2)c(=O)[nH]c1=O. The molecule has 0 unspecified atom stereocenters. The Morgan fingerprint density at radius 1 is 1.40 bits per heavy atom. The van der Waals surface area contributed by atoms with E-state index in [1.807, 2.05) is 6.92 Å². The summed E-state index contributed by atoms with van der Waals surface area (Å²) in [7, 11) is 0. The van der Waals surface area contributed by atoms with Gasteiger partial charge in [0.1, 0.15) is 11.5 Å². The highest BCUT2D eigenvalue weighted by Crippen LogP contribution is 2.18. The molecule has 7 heteroatoms. The van der Waals surface area contributed by atoms with Gasteiger partial charge < -0.3 is 11.1 Å². The largest absolute Gasteiger partial charge is 0.383 e. The molecule has 0 aliphatic heterocycles. The van der Waals surface area contributed by atoms with E-state index >= 15 is 0 Å². The molecule has 0 aliphatic rings. The van der Waals surface area contributed by atoms with Crippen LogP contribution in [0.4, 0.5) is 11.5 Å². The van der Waals surface area contributed by atoms with Gasteiger partial charge in [-0.15, -0.1) is 0 Å². The second-order valence-corrected chi connectivity index (χ2v) is 4.70. The summed E-state index contributed by atoms with van der Waals surface area (Å²) in [4.78, 5) is 26.0. The van der Waals surface area contributed by atoms with Crippen molar-refractivity contribution in [2.75, 3.05) is 17.6 Å². The van der Waals surface area contributed by atoms with E-state index in [1.165, 1.54) is 4.57 Å². The second-order valence-electron chi connectivity index (χ2n) is 4.26. The standard InChI is InChI=1S/C13H15ClN4O2/c1-2-6-16-10-11(15)18(13(20)17-12(10)19)9-5-3-4-8(14)7-9/h3-5,7,16H,2,6,15H2,1H3,(H,17,19,20). The molecule has 1 aromatic carbocycles. The molecule has 0 bridgehead atoms. The van der Waals surface area contributed by atoms with Crippen molar-refractivity contribution >= 4 is 23.1 Å². The van der Waals surface area contributed by atoms with Crippen LogP contribution in [0.2, 0.25) is 5.02 Å². The third-order valence-corrected chi connectivity index (χ3v) is 3.00. The zero-order valence-corrected chi connectivity index (χ0v) is 11.7. The average Bonchev–Trinajstić information content (AvgIpc) is 2.38. The van der Waals surface area contributed by atoms with Crippen molar-refractivity contribution in [3.05, 3.63) is 50.1 Å². The van der Waals surface area contributed by atoms with Crippen molar-refractivity contribution in [1.82, 2.24) is 9.55 Å². The lowest BCUT2D eigenvalue weighted by atomic mass is 10.3. The maximum atomic E-state index is 12.0. The number of nitrogens with two attached hydrogens (primary N) is 1. The van der Waals surface area contributed by atoms with Gasteiger partial charge in [0.05, 0.1) is 5.69 Å². The van der Waals surface area contributed by atoms with E-state index in [9.17, 15) is 9.59 Å². The Labute approximate surface area is 120 Å². The molecule has 0 aliphatic carbocycles. The zero-order valence-electron chi connectivity index (χ0n) is 10.9. The summed E-state index contributed by atoms with van der Waals surface area (Å²) in [5.74, 6) is 0.0643. The van der Waals surface area contributed by atoms with Crippen LogP contribution >= 0.6 is 11.6 Å². The highest BCUT2D eigenvalue weighted by Gasteiger charge is 2.13. The van der Waals surface area contributed by atoms with Gasteiger partial charge in [-0.1, -0.05) is 24.6 Å². The average molecular weight is 295 g/mol. The van der Waals surface area contributed by atoms with Crippen molar-refractivity contribution < 1.29 is 0 Å². The van der Waals surface area contributed by atoms with E-state index < -0.39 is 11.2 Å². The maximum absolute atomic E-state index is 12.0. The third-order valence-electron chi connectivity index (χ3n) is 2.77. The minimum Gasteiger partial charge on any atom is -0.383 e. The van der Waals surface area contributed by atoms with E-state index in [1.54, 1.807) is 24.3 Å². The quantitative estimate of drug-likeness (QED) is 0.798. The van der Waals surface area contributed by atoms with Gasteiger partial charge in [0.2, 0.25) is 0 Å². The van der Waals surface area contributed by atoms with E-state index in [0.29, 0.717) is 17.3 Å². The molecule has 20 heavy (non-hydrogen) atoms. The summed E-state index contributed by atoms with van der Waals surface area (Å²) in [6.45, 7) is 2.55. The summed E-state index contributed by atoms with van der Waals surface area (Å²) in [6.07, 6.45) is 0.829. The first kappa shape index (κ1) is 14.2. The smallest absolute Gasteiger partial charge is 0.334 e. The third kappa shape index (κ3) is 2.70. The van der Waals surface area contributed by atoms with Crippen molar-refractivity contribution in [2.24, 2.45) is 0 Å².